The van der Waals surface area contributed by atoms with Crippen molar-refractivity contribution in [1.29, 1.82) is 0 Å². The number of aryl methyl sites for hydroxylation is 1. The maximum atomic E-state index is 6.53. The number of likely N-dealkylation sites (tertiary alicyclic amines) is 1. The third kappa shape index (κ3) is 5.92. The molecule has 0 amide bonds. The Morgan fingerprint density at radius 2 is 1.57 bits per heavy atom. The van der Waals surface area contributed by atoms with Gasteiger partial charge >= 0.3 is 0 Å². The van der Waals surface area contributed by atoms with E-state index in [1.807, 2.05) is 36.4 Å². The Bertz CT molecular complexity index is 1250. The molecule has 184 valence electrons. The van der Waals surface area contributed by atoms with E-state index in [9.17, 15) is 0 Å². The van der Waals surface area contributed by atoms with Gasteiger partial charge < -0.3 is 14.2 Å². The van der Waals surface area contributed by atoms with E-state index in [1.54, 1.807) is 18.4 Å². The second kappa shape index (κ2) is 11.8. The first-order valence-electron chi connectivity index (χ1n) is 12.0. The lowest BCUT2D eigenvalue weighted by atomic mass is 9.99. The van der Waals surface area contributed by atoms with E-state index in [4.69, 9.17) is 14.2 Å². The normalized spacial score (nSPS) is 13.9. The molecule has 0 spiro atoms. The van der Waals surface area contributed by atoms with Gasteiger partial charge in [0, 0.05) is 17.5 Å². The summed E-state index contributed by atoms with van der Waals surface area (Å²) in [7, 11) is 1.69. The van der Waals surface area contributed by atoms with Crippen LogP contribution < -0.4 is 14.2 Å². The number of benzene rings is 3. The minimum absolute atomic E-state index is 0. The van der Waals surface area contributed by atoms with E-state index < -0.39 is 0 Å². The molecule has 0 saturated carbocycles. The van der Waals surface area contributed by atoms with Gasteiger partial charge in [-0.3, -0.25) is 4.90 Å². The highest BCUT2D eigenvalue weighted by molar-refractivity contribution is 7.08. The summed E-state index contributed by atoms with van der Waals surface area (Å²) in [6.45, 7) is 6.23. The van der Waals surface area contributed by atoms with Gasteiger partial charge in [0.15, 0.2) is 0 Å². The number of hydrogen-bond donors (Lipinski definition) is 0. The van der Waals surface area contributed by atoms with E-state index in [0.29, 0.717) is 6.61 Å². The van der Waals surface area contributed by atoms with Gasteiger partial charge in [-0.25, -0.2) is 0 Å². The fraction of sp³-hybridized carbons (Fsp3) is 0.310. The quantitative estimate of drug-likeness (QED) is 0.241. The summed E-state index contributed by atoms with van der Waals surface area (Å²) in [5.41, 5.74) is 3.55. The van der Waals surface area contributed by atoms with Crippen molar-refractivity contribution in [3.63, 3.8) is 0 Å². The predicted octanol–water partition coefficient (Wildman–Crippen LogP) is 7.96. The van der Waals surface area contributed by atoms with Crippen molar-refractivity contribution in [3.8, 4) is 34.1 Å². The van der Waals surface area contributed by atoms with Crippen LogP contribution in [0, 0.1) is 6.92 Å². The molecule has 1 aromatic heterocycles. The zero-order valence-electron chi connectivity index (χ0n) is 20.3. The van der Waals surface area contributed by atoms with Crippen LogP contribution in [0.3, 0.4) is 0 Å². The summed E-state index contributed by atoms with van der Waals surface area (Å²) < 4.78 is 18.0. The van der Waals surface area contributed by atoms with Crippen LogP contribution in [0.4, 0.5) is 0 Å². The number of rotatable bonds is 8. The molecule has 0 unspecified atom stereocenters. The zero-order chi connectivity index (χ0) is 23.3. The summed E-state index contributed by atoms with van der Waals surface area (Å²) in [5.74, 6) is 3.37. The van der Waals surface area contributed by atoms with Gasteiger partial charge in [-0.05, 0) is 109 Å². The topological polar surface area (TPSA) is 30.9 Å². The molecule has 1 aliphatic rings. The molecular formula is C29H32ClNO3S. The molecule has 35 heavy (non-hydrogen) atoms. The van der Waals surface area contributed by atoms with Gasteiger partial charge in [-0.2, -0.15) is 11.3 Å². The van der Waals surface area contributed by atoms with Crippen LogP contribution in [0.15, 0.2) is 65.4 Å². The highest BCUT2D eigenvalue weighted by Crippen LogP contribution is 2.42. The summed E-state index contributed by atoms with van der Waals surface area (Å²) in [6.07, 6.45) is 3.97. The van der Waals surface area contributed by atoms with Crippen molar-refractivity contribution in [1.82, 2.24) is 4.90 Å². The monoisotopic (exact) mass is 509 g/mol. The minimum atomic E-state index is 0. The number of piperidine rings is 1. The summed E-state index contributed by atoms with van der Waals surface area (Å²) in [6, 6.07) is 18.4. The Hall–Kier alpha value is -2.73. The maximum absolute atomic E-state index is 6.53. The first-order chi connectivity index (χ1) is 16.7. The minimum Gasteiger partial charge on any atom is -0.497 e. The van der Waals surface area contributed by atoms with Crippen LogP contribution in [0.2, 0.25) is 0 Å². The van der Waals surface area contributed by atoms with Gasteiger partial charge in [-0.1, -0.05) is 12.5 Å². The third-order valence-corrected chi connectivity index (χ3v) is 7.35. The molecular weight excluding hydrogens is 478 g/mol. The lowest BCUT2D eigenvalue weighted by molar-refractivity contribution is 0.183. The third-order valence-electron chi connectivity index (χ3n) is 6.49. The van der Waals surface area contributed by atoms with Crippen molar-refractivity contribution in [2.45, 2.75) is 26.2 Å². The number of ether oxygens (including phenoxy) is 3. The first-order valence-corrected chi connectivity index (χ1v) is 12.9. The molecule has 0 aliphatic carbocycles. The molecule has 2 heterocycles. The van der Waals surface area contributed by atoms with E-state index in [0.717, 1.165) is 45.9 Å². The van der Waals surface area contributed by atoms with Gasteiger partial charge in [0.25, 0.3) is 0 Å². The number of nitrogens with zero attached hydrogens (tertiary/aromatic N) is 1. The summed E-state index contributed by atoms with van der Waals surface area (Å²) >= 11 is 1.71. The smallest absolute Gasteiger partial charge is 0.143 e. The molecule has 0 N–H and O–H groups in total. The van der Waals surface area contributed by atoms with Crippen molar-refractivity contribution in [3.05, 3.63) is 70.9 Å². The molecule has 1 fully saturated rings. The molecule has 1 aliphatic heterocycles. The van der Waals surface area contributed by atoms with Gasteiger partial charge in [-0.15, -0.1) is 12.4 Å². The molecule has 5 rings (SSSR count). The number of fused-ring (bicyclic) bond motifs is 1. The van der Waals surface area contributed by atoms with Crippen LogP contribution in [-0.4, -0.2) is 38.3 Å². The first kappa shape index (κ1) is 25.4. The fourth-order valence-electron chi connectivity index (χ4n) is 4.56. The Morgan fingerprint density at radius 3 is 2.29 bits per heavy atom. The van der Waals surface area contributed by atoms with Gasteiger partial charge in [0.2, 0.25) is 0 Å². The van der Waals surface area contributed by atoms with Crippen LogP contribution in [-0.2, 0) is 0 Å². The number of methoxy groups -OCH3 is 1. The van der Waals surface area contributed by atoms with Crippen molar-refractivity contribution in [2.24, 2.45) is 0 Å². The van der Waals surface area contributed by atoms with Gasteiger partial charge in [0.05, 0.1) is 7.11 Å². The van der Waals surface area contributed by atoms with Gasteiger partial charge in [0.1, 0.15) is 29.6 Å². The van der Waals surface area contributed by atoms with Crippen LogP contribution >= 0.6 is 23.7 Å². The molecule has 0 radical (unpaired) electrons. The van der Waals surface area contributed by atoms with Crippen molar-refractivity contribution < 1.29 is 14.2 Å². The van der Waals surface area contributed by atoms with Crippen molar-refractivity contribution >= 4 is 34.5 Å². The molecule has 0 bridgehead atoms. The average molecular weight is 510 g/mol. The number of halogens is 1. The second-order valence-corrected chi connectivity index (χ2v) is 9.57. The average Bonchev–Trinajstić information content (AvgIpc) is 3.31. The molecule has 4 nitrogen and oxygen atoms in total. The molecule has 0 atom stereocenters. The van der Waals surface area contributed by atoms with Crippen LogP contribution in [0.1, 0.15) is 24.8 Å². The van der Waals surface area contributed by atoms with E-state index in [2.05, 4.69) is 40.8 Å². The predicted molar refractivity (Wildman–Crippen MR) is 148 cm³/mol. The highest BCUT2D eigenvalue weighted by atomic mass is 35.5. The largest absolute Gasteiger partial charge is 0.497 e. The van der Waals surface area contributed by atoms with Crippen molar-refractivity contribution in [2.75, 3.05) is 33.4 Å². The lowest BCUT2D eigenvalue weighted by Gasteiger charge is -2.26. The Morgan fingerprint density at radius 1 is 0.829 bits per heavy atom. The molecule has 6 heteroatoms. The standard InChI is InChI=1S/C29H31NO3S.ClH/c1-21-19-34-20-28(21)27-12-6-22-18-25(31-2)11-13-26(22)29(27)33-24-9-7-23(8-10-24)32-17-16-30-14-4-3-5-15-30;/h6-13,18-20H,3-5,14-17H2,1-2H3;1H. The molecule has 3 aromatic carbocycles. The van der Waals surface area contributed by atoms with Crippen LogP contribution in [0.5, 0.6) is 23.0 Å². The van der Waals surface area contributed by atoms with Crippen LogP contribution in [0.25, 0.3) is 21.9 Å². The Labute approximate surface area is 217 Å². The summed E-state index contributed by atoms with van der Waals surface area (Å²) in [5, 5.41) is 6.51. The Balaban J connectivity index is 0.00000289. The molecule has 4 aromatic rings. The Kier molecular flexibility index (Phi) is 8.55. The fourth-order valence-corrected chi connectivity index (χ4v) is 5.41. The van der Waals surface area contributed by atoms with E-state index >= 15 is 0 Å². The zero-order valence-corrected chi connectivity index (χ0v) is 21.9. The molecule has 1 saturated heterocycles. The summed E-state index contributed by atoms with van der Waals surface area (Å²) in [4.78, 5) is 2.49. The number of hydrogen-bond acceptors (Lipinski definition) is 5. The maximum Gasteiger partial charge on any atom is 0.143 e. The number of thiophene rings is 1. The second-order valence-electron chi connectivity index (χ2n) is 8.82. The van der Waals surface area contributed by atoms with E-state index in [1.165, 1.54) is 43.5 Å². The lowest BCUT2D eigenvalue weighted by Crippen LogP contribution is -2.33. The highest BCUT2D eigenvalue weighted by Gasteiger charge is 2.15. The van der Waals surface area contributed by atoms with E-state index in [-0.39, 0.29) is 12.4 Å². The SMILES string of the molecule is COc1ccc2c(Oc3ccc(OCCN4CCCCC4)cc3)c(-c3cscc3C)ccc2c1.Cl.